The van der Waals surface area contributed by atoms with Gasteiger partial charge in [-0.25, -0.2) is 0 Å². The Hall–Kier alpha value is -5.24. The van der Waals surface area contributed by atoms with Crippen LogP contribution in [-0.2, 0) is 0 Å². The molecule has 0 N–H and O–H groups in total. The van der Waals surface area contributed by atoms with Crippen molar-refractivity contribution < 1.29 is 0 Å². The average molecular weight is 579 g/mol. The van der Waals surface area contributed by atoms with E-state index in [9.17, 15) is 0 Å². The van der Waals surface area contributed by atoms with Crippen LogP contribution in [0.25, 0.3) is 53.2 Å². The van der Waals surface area contributed by atoms with Crippen LogP contribution < -0.4 is 10.4 Å². The smallest absolute Gasteiger partial charge is 0.0433 e. The topological polar surface area (TPSA) is 0 Å². The van der Waals surface area contributed by atoms with Gasteiger partial charge < -0.3 is 0 Å². The second kappa shape index (κ2) is 11.1. The molecule has 0 unspecified atom stereocenters. The number of rotatable bonds is 3. The van der Waals surface area contributed by atoms with Crippen LogP contribution in [0.1, 0.15) is 17.5 Å². The molecule has 0 bridgehead atoms. The predicted octanol–water partition coefficient (Wildman–Crippen LogP) is 10.3. The third-order valence-corrected chi connectivity index (χ3v) is 9.89. The Morgan fingerprint density at radius 1 is 0.545 bits per heavy atom. The number of thiophene rings is 1. The Balaban J connectivity index is 1.39. The zero-order chi connectivity index (χ0) is 29.5. The first-order valence-electron chi connectivity index (χ1n) is 15.1. The van der Waals surface area contributed by atoms with Crippen LogP contribution in [0.2, 0.25) is 0 Å². The molecule has 0 amide bonds. The fourth-order valence-electron chi connectivity index (χ4n) is 6.57. The van der Waals surface area contributed by atoms with Crippen LogP contribution in [0.3, 0.4) is 0 Å². The SMILES string of the molecule is C=C1/C=C\C=C/C/C(c2cccc(-c3cccc4c3sc3ccccc34)c2)=c2/cccc/c2=C/1c1ccc2ccccc2c1. The van der Waals surface area contributed by atoms with Crippen LogP contribution in [0.15, 0.2) is 170 Å². The third kappa shape index (κ3) is 4.63. The summed E-state index contributed by atoms with van der Waals surface area (Å²) in [5, 5.41) is 7.58. The molecule has 1 heterocycles. The number of benzene rings is 6. The fourth-order valence-corrected chi connectivity index (χ4v) is 7.81. The van der Waals surface area contributed by atoms with Gasteiger partial charge in [0.1, 0.15) is 0 Å². The number of hydrogen-bond acceptors (Lipinski definition) is 1. The molecule has 1 aliphatic rings. The Morgan fingerprint density at radius 3 is 2.23 bits per heavy atom. The Morgan fingerprint density at radius 2 is 1.30 bits per heavy atom. The van der Waals surface area contributed by atoms with Crippen molar-refractivity contribution in [3.05, 3.63) is 191 Å². The second-order valence-corrected chi connectivity index (χ2v) is 12.4. The molecule has 0 nitrogen and oxygen atoms in total. The van der Waals surface area contributed by atoms with Crippen molar-refractivity contribution in [2.45, 2.75) is 6.42 Å². The van der Waals surface area contributed by atoms with Crippen LogP contribution in [0, 0.1) is 0 Å². The van der Waals surface area contributed by atoms with Gasteiger partial charge in [-0.1, -0.05) is 146 Å². The average Bonchev–Trinajstić information content (AvgIpc) is 3.46. The van der Waals surface area contributed by atoms with Crippen LogP contribution >= 0.6 is 11.3 Å². The summed E-state index contributed by atoms with van der Waals surface area (Å²) in [6.45, 7) is 4.56. The normalized spacial score (nSPS) is 17.5. The molecule has 0 fully saturated rings. The first kappa shape index (κ1) is 26.4. The van der Waals surface area contributed by atoms with E-state index in [1.54, 1.807) is 0 Å². The van der Waals surface area contributed by atoms with E-state index in [1.165, 1.54) is 74.8 Å². The van der Waals surface area contributed by atoms with Gasteiger partial charge in [-0.05, 0) is 84.8 Å². The maximum absolute atomic E-state index is 4.56. The van der Waals surface area contributed by atoms with E-state index in [-0.39, 0.29) is 0 Å². The maximum atomic E-state index is 4.56. The molecule has 0 saturated carbocycles. The first-order chi connectivity index (χ1) is 21.7. The Bertz CT molecular complexity index is 2430. The number of hydrogen-bond donors (Lipinski definition) is 0. The lowest BCUT2D eigenvalue weighted by Crippen LogP contribution is -2.30. The van der Waals surface area contributed by atoms with Gasteiger partial charge in [0.25, 0.3) is 0 Å². The minimum atomic E-state index is 0.829. The van der Waals surface area contributed by atoms with E-state index >= 15 is 0 Å². The largest absolute Gasteiger partial charge is 0.135 e. The number of allylic oxidation sites excluding steroid dienone is 5. The molecule has 0 atom stereocenters. The van der Waals surface area contributed by atoms with Crippen LogP contribution in [-0.4, -0.2) is 0 Å². The van der Waals surface area contributed by atoms with Crippen molar-refractivity contribution in [3.8, 4) is 11.1 Å². The Kier molecular flexibility index (Phi) is 6.67. The highest BCUT2D eigenvalue weighted by molar-refractivity contribution is 7.26. The van der Waals surface area contributed by atoms with Crippen molar-refractivity contribution in [2.75, 3.05) is 0 Å². The van der Waals surface area contributed by atoms with E-state index in [4.69, 9.17) is 0 Å². The zero-order valence-corrected chi connectivity index (χ0v) is 25.2. The molecule has 1 heteroatoms. The molecule has 8 rings (SSSR count). The van der Waals surface area contributed by atoms with E-state index in [0.717, 1.165) is 12.0 Å². The zero-order valence-electron chi connectivity index (χ0n) is 24.3. The standard InChI is InChI=1S/C43H30S/c1-29-13-3-2-4-18-35(37-19-7-8-21-39(37)42(29)34-26-25-30-14-5-6-15-31(30)27-34)32-16-11-17-33(28-32)36-22-12-23-40-38-20-9-10-24-41(38)44-43(36)40/h2-17,19-28H,1,18H2/b4-2-,13-3-,37-35+,42-39+. The van der Waals surface area contributed by atoms with Crippen molar-refractivity contribution in [1.29, 1.82) is 0 Å². The molecular weight excluding hydrogens is 549 g/mol. The summed E-state index contributed by atoms with van der Waals surface area (Å²) in [4.78, 5) is 0. The lowest BCUT2D eigenvalue weighted by atomic mass is 9.90. The molecule has 6 aromatic carbocycles. The molecule has 0 saturated heterocycles. The fraction of sp³-hybridized carbons (Fsp3) is 0.0233. The van der Waals surface area contributed by atoms with Gasteiger partial charge in [0.15, 0.2) is 0 Å². The van der Waals surface area contributed by atoms with E-state index < -0.39 is 0 Å². The van der Waals surface area contributed by atoms with Gasteiger partial charge in [-0.2, -0.15) is 0 Å². The van der Waals surface area contributed by atoms with E-state index in [2.05, 4.69) is 164 Å². The van der Waals surface area contributed by atoms with E-state index in [1.807, 2.05) is 11.3 Å². The molecule has 7 aromatic rings. The molecular formula is C43H30S. The summed E-state index contributed by atoms with van der Waals surface area (Å²) in [5.41, 5.74) is 8.43. The van der Waals surface area contributed by atoms with Crippen LogP contribution in [0.5, 0.6) is 0 Å². The van der Waals surface area contributed by atoms with Crippen molar-refractivity contribution in [2.24, 2.45) is 0 Å². The van der Waals surface area contributed by atoms with Gasteiger partial charge in [-0.15, -0.1) is 11.3 Å². The molecule has 208 valence electrons. The summed E-state index contributed by atoms with van der Waals surface area (Å²) < 4.78 is 2.67. The summed E-state index contributed by atoms with van der Waals surface area (Å²) in [7, 11) is 0. The highest BCUT2D eigenvalue weighted by Gasteiger charge is 2.14. The van der Waals surface area contributed by atoms with Crippen molar-refractivity contribution in [3.63, 3.8) is 0 Å². The molecule has 1 aliphatic carbocycles. The Labute approximate surface area is 261 Å². The number of fused-ring (bicyclic) bond motifs is 5. The first-order valence-corrected chi connectivity index (χ1v) is 15.9. The third-order valence-electron chi connectivity index (χ3n) is 8.67. The minimum absolute atomic E-state index is 0.829. The van der Waals surface area contributed by atoms with Gasteiger partial charge in [-0.3, -0.25) is 0 Å². The molecule has 1 aromatic heterocycles. The lowest BCUT2D eigenvalue weighted by molar-refractivity contribution is 1.32. The summed E-state index contributed by atoms with van der Waals surface area (Å²) in [6.07, 6.45) is 9.49. The predicted molar refractivity (Wildman–Crippen MR) is 191 cm³/mol. The maximum Gasteiger partial charge on any atom is 0.0433 e. The summed E-state index contributed by atoms with van der Waals surface area (Å²) in [6, 6.07) is 48.7. The highest BCUT2D eigenvalue weighted by atomic mass is 32.1. The highest BCUT2D eigenvalue weighted by Crippen LogP contribution is 2.40. The molecule has 0 aliphatic heterocycles. The van der Waals surface area contributed by atoms with Gasteiger partial charge in [0.05, 0.1) is 0 Å². The minimum Gasteiger partial charge on any atom is -0.135 e. The lowest BCUT2D eigenvalue weighted by Gasteiger charge is -2.14. The second-order valence-electron chi connectivity index (χ2n) is 11.3. The van der Waals surface area contributed by atoms with Gasteiger partial charge in [0.2, 0.25) is 0 Å². The van der Waals surface area contributed by atoms with Gasteiger partial charge in [0, 0.05) is 20.2 Å². The van der Waals surface area contributed by atoms with Gasteiger partial charge >= 0.3 is 0 Å². The van der Waals surface area contributed by atoms with Crippen molar-refractivity contribution >= 4 is 53.4 Å². The monoisotopic (exact) mass is 578 g/mol. The quantitative estimate of drug-likeness (QED) is 0.196. The molecule has 0 spiro atoms. The van der Waals surface area contributed by atoms with Crippen LogP contribution in [0.4, 0.5) is 0 Å². The molecule has 0 radical (unpaired) electrons. The van der Waals surface area contributed by atoms with E-state index in [0.29, 0.717) is 0 Å². The molecule has 44 heavy (non-hydrogen) atoms. The summed E-state index contributed by atoms with van der Waals surface area (Å²) in [5.74, 6) is 0. The van der Waals surface area contributed by atoms with Crippen molar-refractivity contribution in [1.82, 2.24) is 0 Å². The summed E-state index contributed by atoms with van der Waals surface area (Å²) >= 11 is 1.88.